The summed E-state index contributed by atoms with van der Waals surface area (Å²) in [6.45, 7) is 12.2. The molecule has 3 aliphatic heterocycles. The average molecular weight is 1500 g/mol. The third kappa shape index (κ3) is 24.7. The Balaban J connectivity index is 0.00000504. The van der Waals surface area contributed by atoms with E-state index in [1.807, 2.05) is 27.7 Å². The lowest BCUT2D eigenvalue weighted by Gasteiger charge is -2.49. The maximum absolute atomic E-state index is 14.3. The summed E-state index contributed by atoms with van der Waals surface area (Å²) in [6.07, 6.45) is -9.77. The number of Topliss-reactive ketones (excluding diaryl/α,β-unsaturated/α-hetero) is 2. The molecule has 0 bridgehead atoms. The number of carbonyl (C=O) groups excluding carboxylic acids is 7. The van der Waals surface area contributed by atoms with Gasteiger partial charge in [0.05, 0.1) is 73.7 Å². The first-order valence-corrected chi connectivity index (χ1v) is 39.1. The van der Waals surface area contributed by atoms with Crippen molar-refractivity contribution in [2.45, 2.75) is 344 Å². The molecule has 29 atom stereocenters. The third-order valence-corrected chi connectivity index (χ3v) is 23.8. The van der Waals surface area contributed by atoms with Gasteiger partial charge in [0.15, 0.2) is 25.0 Å². The SMILES string of the molecule is CC[C@H]1CC(C(=O)NCCCC(=O)CCC(=O)NCCCC(=O)[C@@H]2C[C@H](CC)[C@@H](O[C@@H]3O[C@@H](C)[C@@H](O)[C@@H](O)[C@@H]3O)[C@H](O[C@@H]3C[C@H](CO)[C@H](O)[C@H](O[C@@H](CC4CCCCC4)C(=O)O)[C@H]3NC(C)=O)C2)C[C@@H](O[C@@H]2O[C@H](CO)[C@H](C)[C@H](OCCC3CCCCC3)[C@H]2C)[C@@H]1O[C@@H]1O[C@@H](C)[C@@H](O)[C@@H](O)[C@@H]1O.O=C=O. The van der Waals surface area contributed by atoms with Crippen molar-refractivity contribution in [1.82, 2.24) is 16.0 Å². The molecular weight excluding hydrogens is 1370 g/mol. The summed E-state index contributed by atoms with van der Waals surface area (Å²) in [4.78, 5) is 96.9. The monoisotopic (exact) mass is 1500 g/mol. The summed E-state index contributed by atoms with van der Waals surface area (Å²) in [5.41, 5.74) is 0. The van der Waals surface area contributed by atoms with E-state index in [2.05, 4.69) is 16.0 Å². The predicted octanol–water partition coefficient (Wildman–Crippen LogP) is 2.58. The van der Waals surface area contributed by atoms with Crippen LogP contribution < -0.4 is 16.0 Å². The van der Waals surface area contributed by atoms with E-state index in [9.17, 15) is 79.8 Å². The summed E-state index contributed by atoms with van der Waals surface area (Å²) in [7, 11) is 0. The van der Waals surface area contributed by atoms with Crippen LogP contribution in [0.1, 0.15) is 209 Å². The van der Waals surface area contributed by atoms with Gasteiger partial charge in [0, 0.05) is 88.5 Å². The molecular formula is C75H125N3O27. The van der Waals surface area contributed by atoms with Crippen LogP contribution in [0.15, 0.2) is 0 Å². The summed E-state index contributed by atoms with van der Waals surface area (Å²) < 4.78 is 58.1. The van der Waals surface area contributed by atoms with Crippen molar-refractivity contribution in [2.24, 2.45) is 53.3 Å². The third-order valence-electron chi connectivity index (χ3n) is 23.8. The maximum atomic E-state index is 14.3. The zero-order valence-electron chi connectivity index (χ0n) is 62.5. The van der Waals surface area contributed by atoms with E-state index in [0.717, 1.165) is 38.5 Å². The van der Waals surface area contributed by atoms with E-state index in [1.54, 1.807) is 6.92 Å². The molecule has 3 heterocycles. The van der Waals surface area contributed by atoms with E-state index < -0.39 is 171 Å². The number of aliphatic carboxylic acids is 1. The number of nitrogens with one attached hydrogen (secondary N) is 3. The smallest absolute Gasteiger partial charge is 0.373 e. The van der Waals surface area contributed by atoms with Crippen molar-refractivity contribution in [1.29, 1.82) is 0 Å². The number of hydrogen-bond donors (Lipinski definition) is 13. The summed E-state index contributed by atoms with van der Waals surface area (Å²) in [6, 6.07) is -1.14. The van der Waals surface area contributed by atoms with Crippen LogP contribution >= 0.6 is 0 Å². The van der Waals surface area contributed by atoms with Gasteiger partial charge in [-0.2, -0.15) is 9.59 Å². The second-order valence-corrected chi connectivity index (χ2v) is 31.2. The van der Waals surface area contributed by atoms with E-state index in [0.29, 0.717) is 44.6 Å². The van der Waals surface area contributed by atoms with Crippen molar-refractivity contribution in [3.63, 3.8) is 0 Å². The molecule has 8 fully saturated rings. The minimum absolute atomic E-state index is 0.0259. The van der Waals surface area contributed by atoms with Crippen LogP contribution in [0.4, 0.5) is 0 Å². The zero-order valence-corrected chi connectivity index (χ0v) is 62.5. The molecule has 105 heavy (non-hydrogen) atoms. The van der Waals surface area contributed by atoms with Crippen molar-refractivity contribution >= 4 is 41.4 Å². The van der Waals surface area contributed by atoms with Crippen LogP contribution in [0, 0.1) is 53.3 Å². The normalized spacial score (nSPS) is 38.8. The van der Waals surface area contributed by atoms with Crippen molar-refractivity contribution in [3.8, 4) is 0 Å². The largest absolute Gasteiger partial charge is 0.479 e. The fourth-order valence-electron chi connectivity index (χ4n) is 17.4. The standard InChI is InChI=1S/C74H125N3O25.CO2/c1-8-45-31-47(33-53(67(45)101-73-64(89)62(87)59(84)40(5)95-73)97-52-35-49(36-78)61(86)69(58(52)77-42(7)80)98-55(71(92)93)30-44-20-14-11-15-21-44)51(82)23-17-27-75-57(83)25-24-50(81)22-16-28-76-70(91)48-32-46(9-2)68(102-74-65(90)63(88)60(85)41(6)96-74)54(34-48)99-72-39(4)66(38(3)56(37-79)100-72)94-29-26-43-18-12-10-13-19-43;2-1-3/h38-41,43-49,52-56,58-69,72-74,78-79,84-90H,8-37H2,1-7H3,(H,75,83)(H,76,91)(H,77,80)(H,92,93);/t38-,39+,40-,41-,45-,46-,47+,48?,49+,52+,53+,54+,55-,56+,58-,59+,60+,61-,62+,63+,64-,65-,66-,67+,68+,69+,72+,73-,74-;/m0./s1. The van der Waals surface area contributed by atoms with Crippen LogP contribution in [-0.4, -0.2) is 260 Å². The van der Waals surface area contributed by atoms with E-state index in [4.69, 9.17) is 52.2 Å². The van der Waals surface area contributed by atoms with Crippen molar-refractivity contribution in [3.05, 3.63) is 0 Å². The Morgan fingerprint density at radius 3 is 1.63 bits per heavy atom. The lowest BCUT2D eigenvalue weighted by molar-refractivity contribution is -0.339. The first-order valence-electron chi connectivity index (χ1n) is 39.1. The summed E-state index contributed by atoms with van der Waals surface area (Å²) in [5.74, 6) is -5.34. The van der Waals surface area contributed by atoms with Gasteiger partial charge in [-0.25, -0.2) is 4.79 Å². The molecule has 8 rings (SSSR count). The van der Waals surface area contributed by atoms with Gasteiger partial charge in [-0.15, -0.1) is 0 Å². The van der Waals surface area contributed by atoms with Gasteiger partial charge in [-0.3, -0.25) is 24.0 Å². The number of amides is 3. The van der Waals surface area contributed by atoms with Crippen LogP contribution in [0.3, 0.4) is 0 Å². The molecule has 602 valence electrons. The second-order valence-electron chi connectivity index (χ2n) is 31.2. The second kappa shape index (κ2) is 43.5. The van der Waals surface area contributed by atoms with Crippen molar-refractivity contribution in [2.75, 3.05) is 32.9 Å². The van der Waals surface area contributed by atoms with Crippen molar-refractivity contribution < 1.29 is 132 Å². The number of ether oxygens (including phenoxy) is 9. The molecule has 8 aliphatic rings. The van der Waals surface area contributed by atoms with Gasteiger partial charge in [0.2, 0.25) is 17.7 Å². The van der Waals surface area contributed by atoms with E-state index >= 15 is 0 Å². The first-order chi connectivity index (χ1) is 50.2. The van der Waals surface area contributed by atoms with Crippen LogP contribution in [-0.2, 0) is 81.0 Å². The molecule has 0 radical (unpaired) electrons. The van der Waals surface area contributed by atoms with Gasteiger partial charge in [0.1, 0.15) is 54.3 Å². The summed E-state index contributed by atoms with van der Waals surface area (Å²) in [5, 5.41) is 117. The molecule has 13 N–H and O–H groups in total. The molecule has 30 heteroatoms. The molecule has 30 nitrogen and oxygen atoms in total. The number of aliphatic hydroxyl groups excluding tert-OH is 9. The number of aliphatic hydroxyl groups is 9. The Labute approximate surface area is 617 Å². The zero-order chi connectivity index (χ0) is 76.8. The number of carbonyl (C=O) groups is 6. The maximum Gasteiger partial charge on any atom is 0.373 e. The highest BCUT2D eigenvalue weighted by atomic mass is 16.7. The highest BCUT2D eigenvalue weighted by molar-refractivity contribution is 5.85. The Kier molecular flexibility index (Phi) is 36.5. The average Bonchev–Trinajstić information content (AvgIpc) is 0.786. The predicted molar refractivity (Wildman–Crippen MR) is 371 cm³/mol. The quantitative estimate of drug-likeness (QED) is 0.0406. The highest BCUT2D eigenvalue weighted by Crippen LogP contribution is 2.44. The lowest BCUT2D eigenvalue weighted by Crippen LogP contribution is -2.65. The van der Waals surface area contributed by atoms with Gasteiger partial charge >= 0.3 is 12.1 Å². The Morgan fingerprint density at radius 2 is 1.08 bits per heavy atom. The lowest BCUT2D eigenvalue weighted by atomic mass is 9.73. The molecule has 3 saturated heterocycles. The number of hydrogen-bond acceptors (Lipinski definition) is 26. The Hall–Kier alpha value is -4.12. The Bertz CT molecular complexity index is 2700. The highest BCUT2D eigenvalue weighted by Gasteiger charge is 2.54. The molecule has 5 aliphatic carbocycles. The molecule has 1 unspecified atom stereocenters. The fourth-order valence-corrected chi connectivity index (χ4v) is 17.4. The van der Waals surface area contributed by atoms with Gasteiger partial charge in [-0.1, -0.05) is 105 Å². The first kappa shape index (κ1) is 88.1. The Morgan fingerprint density at radius 1 is 0.533 bits per heavy atom. The molecule has 3 amide bonds. The topological polar surface area (TPSA) is 458 Å². The van der Waals surface area contributed by atoms with Crippen LogP contribution in [0.2, 0.25) is 0 Å². The molecule has 0 spiro atoms. The molecule has 0 aromatic heterocycles. The van der Waals surface area contributed by atoms with Gasteiger partial charge in [0.25, 0.3) is 0 Å². The number of carboxylic acid groups (broad SMARTS) is 1. The summed E-state index contributed by atoms with van der Waals surface area (Å²) >= 11 is 0. The van der Waals surface area contributed by atoms with Gasteiger partial charge in [-0.05, 0) is 95.3 Å². The minimum atomic E-state index is -1.68. The van der Waals surface area contributed by atoms with Crippen LogP contribution in [0.5, 0.6) is 0 Å². The molecule has 0 aromatic carbocycles. The fraction of sp³-hybridized carbons (Fsp3) is 0.907. The minimum Gasteiger partial charge on any atom is -0.479 e. The number of rotatable bonds is 35. The molecule has 5 saturated carbocycles. The van der Waals surface area contributed by atoms with E-state index in [-0.39, 0.29) is 137 Å². The van der Waals surface area contributed by atoms with Crippen LogP contribution in [0.25, 0.3) is 0 Å². The number of ketones is 2. The van der Waals surface area contributed by atoms with Gasteiger partial charge < -0.3 is 110 Å². The van der Waals surface area contributed by atoms with E-state index in [1.165, 1.54) is 46.0 Å². The number of carboxylic acids is 1. The molecule has 0 aromatic rings.